The van der Waals surface area contributed by atoms with Crippen molar-refractivity contribution in [1.82, 2.24) is 4.90 Å². The molecule has 0 aliphatic carbocycles. The summed E-state index contributed by atoms with van der Waals surface area (Å²) < 4.78 is 0. The molecular weight excluding hydrogens is 270 g/mol. The Balaban J connectivity index is 2.43. The number of benzene rings is 1. The molecule has 102 valence electrons. The Bertz CT molecular complexity index is 547. The molecule has 0 radical (unpaired) electrons. The number of nitro benzene ring substituents is 1. The summed E-state index contributed by atoms with van der Waals surface area (Å²) in [6.07, 6.45) is 1.85. The fourth-order valence-electron chi connectivity index (χ4n) is 2.28. The summed E-state index contributed by atoms with van der Waals surface area (Å²) >= 11 is 5.85. The SMILES string of the molecule is CC1CCCN1C(=O)c1cc([N+](=O)[O-])cc(Cl)c1N. The Kier molecular flexibility index (Phi) is 3.61. The Labute approximate surface area is 115 Å². The highest BCUT2D eigenvalue weighted by Crippen LogP contribution is 2.31. The average Bonchev–Trinajstić information content (AvgIpc) is 2.77. The van der Waals surface area contributed by atoms with Gasteiger partial charge >= 0.3 is 0 Å². The molecule has 1 aliphatic rings. The zero-order chi connectivity index (χ0) is 14.2. The molecule has 1 saturated heterocycles. The second kappa shape index (κ2) is 5.05. The Morgan fingerprint density at radius 1 is 1.58 bits per heavy atom. The fourth-order valence-corrected chi connectivity index (χ4v) is 2.49. The van der Waals surface area contributed by atoms with Crippen molar-refractivity contribution in [3.8, 4) is 0 Å². The molecule has 2 N–H and O–H groups in total. The minimum absolute atomic E-state index is 0.0319. The first-order valence-electron chi connectivity index (χ1n) is 5.96. The molecule has 7 heteroatoms. The summed E-state index contributed by atoms with van der Waals surface area (Å²) in [4.78, 5) is 24.3. The fraction of sp³-hybridized carbons (Fsp3) is 0.417. The van der Waals surface area contributed by atoms with E-state index in [0.29, 0.717) is 6.54 Å². The lowest BCUT2D eigenvalue weighted by Crippen LogP contribution is -2.34. The highest BCUT2D eigenvalue weighted by molar-refractivity contribution is 6.34. The summed E-state index contributed by atoms with van der Waals surface area (Å²) in [5, 5.41) is 10.8. The number of hydrogen-bond acceptors (Lipinski definition) is 4. The van der Waals surface area contributed by atoms with Gasteiger partial charge in [0.05, 0.1) is 21.2 Å². The van der Waals surface area contributed by atoms with Gasteiger partial charge in [-0.05, 0) is 19.8 Å². The second-order valence-corrected chi connectivity index (χ2v) is 5.04. The van der Waals surface area contributed by atoms with Crippen LogP contribution in [0.5, 0.6) is 0 Å². The van der Waals surface area contributed by atoms with Gasteiger partial charge in [0.2, 0.25) is 0 Å². The maximum atomic E-state index is 12.4. The molecule has 1 aromatic carbocycles. The maximum Gasteiger partial charge on any atom is 0.271 e. The van der Waals surface area contributed by atoms with Crippen LogP contribution >= 0.6 is 11.6 Å². The average molecular weight is 284 g/mol. The summed E-state index contributed by atoms with van der Waals surface area (Å²) in [5.41, 5.74) is 5.73. The van der Waals surface area contributed by atoms with E-state index < -0.39 is 4.92 Å². The molecular formula is C12H14ClN3O3. The largest absolute Gasteiger partial charge is 0.397 e. The first-order chi connectivity index (χ1) is 8.91. The van der Waals surface area contributed by atoms with Gasteiger partial charge in [0.25, 0.3) is 11.6 Å². The van der Waals surface area contributed by atoms with E-state index in [2.05, 4.69) is 0 Å². The zero-order valence-corrected chi connectivity index (χ0v) is 11.2. The van der Waals surface area contributed by atoms with Crippen LogP contribution in [0, 0.1) is 10.1 Å². The van der Waals surface area contributed by atoms with Gasteiger partial charge < -0.3 is 10.6 Å². The van der Waals surface area contributed by atoms with Gasteiger partial charge in [0.1, 0.15) is 0 Å². The Morgan fingerprint density at radius 3 is 2.79 bits per heavy atom. The lowest BCUT2D eigenvalue weighted by molar-refractivity contribution is -0.384. The van der Waals surface area contributed by atoms with Crippen LogP contribution in [0.3, 0.4) is 0 Å². The summed E-state index contributed by atoms with van der Waals surface area (Å²) in [6, 6.07) is 2.46. The summed E-state index contributed by atoms with van der Waals surface area (Å²) in [7, 11) is 0. The van der Waals surface area contributed by atoms with Crippen molar-refractivity contribution in [3.05, 3.63) is 32.8 Å². The molecule has 1 amide bonds. The minimum atomic E-state index is -0.588. The topological polar surface area (TPSA) is 89.5 Å². The summed E-state index contributed by atoms with van der Waals surface area (Å²) in [6.45, 7) is 2.58. The predicted octanol–water partition coefficient (Wildman–Crippen LogP) is 2.45. The highest BCUT2D eigenvalue weighted by atomic mass is 35.5. The lowest BCUT2D eigenvalue weighted by Gasteiger charge is -2.22. The third-order valence-corrected chi connectivity index (χ3v) is 3.68. The number of anilines is 1. The Hall–Kier alpha value is -1.82. The van der Waals surface area contributed by atoms with Crippen molar-refractivity contribution < 1.29 is 9.72 Å². The van der Waals surface area contributed by atoms with Crippen molar-refractivity contribution in [2.75, 3.05) is 12.3 Å². The number of hydrogen-bond donors (Lipinski definition) is 1. The van der Waals surface area contributed by atoms with Crippen LogP contribution in [-0.4, -0.2) is 28.3 Å². The molecule has 2 rings (SSSR count). The van der Waals surface area contributed by atoms with Gasteiger partial charge in [0, 0.05) is 24.7 Å². The maximum absolute atomic E-state index is 12.4. The standard InChI is InChI=1S/C12H14ClN3O3/c1-7-3-2-4-15(7)12(17)9-5-8(16(18)19)6-10(13)11(9)14/h5-7H,2-4,14H2,1H3. The van der Waals surface area contributed by atoms with E-state index >= 15 is 0 Å². The van der Waals surface area contributed by atoms with E-state index in [9.17, 15) is 14.9 Å². The quantitative estimate of drug-likeness (QED) is 0.513. The van der Waals surface area contributed by atoms with Crippen LogP contribution in [0.15, 0.2) is 12.1 Å². The van der Waals surface area contributed by atoms with Crippen LogP contribution in [0.4, 0.5) is 11.4 Å². The van der Waals surface area contributed by atoms with Gasteiger partial charge in [-0.15, -0.1) is 0 Å². The van der Waals surface area contributed by atoms with Crippen LogP contribution in [0.25, 0.3) is 0 Å². The van der Waals surface area contributed by atoms with E-state index in [1.54, 1.807) is 4.90 Å². The van der Waals surface area contributed by atoms with Crippen molar-refractivity contribution in [1.29, 1.82) is 0 Å². The van der Waals surface area contributed by atoms with Crippen LogP contribution in [0.1, 0.15) is 30.1 Å². The minimum Gasteiger partial charge on any atom is -0.397 e. The molecule has 6 nitrogen and oxygen atoms in total. The molecule has 0 spiro atoms. The molecule has 1 fully saturated rings. The monoisotopic (exact) mass is 283 g/mol. The molecule has 1 heterocycles. The van der Waals surface area contributed by atoms with E-state index in [0.717, 1.165) is 18.9 Å². The van der Waals surface area contributed by atoms with Crippen molar-refractivity contribution >= 4 is 28.9 Å². The number of nitrogen functional groups attached to an aromatic ring is 1. The highest BCUT2D eigenvalue weighted by Gasteiger charge is 2.29. The Morgan fingerprint density at radius 2 is 2.26 bits per heavy atom. The van der Waals surface area contributed by atoms with Gasteiger partial charge in [-0.2, -0.15) is 0 Å². The molecule has 19 heavy (non-hydrogen) atoms. The molecule has 1 unspecified atom stereocenters. The second-order valence-electron chi connectivity index (χ2n) is 4.64. The molecule has 1 aromatic rings. The van der Waals surface area contributed by atoms with Gasteiger partial charge in [0.15, 0.2) is 0 Å². The molecule has 1 atom stereocenters. The summed E-state index contributed by atoms with van der Waals surface area (Å²) in [5.74, 6) is -0.298. The number of likely N-dealkylation sites (tertiary alicyclic amines) is 1. The van der Waals surface area contributed by atoms with E-state index in [-0.39, 0.29) is 33.9 Å². The van der Waals surface area contributed by atoms with E-state index in [4.69, 9.17) is 17.3 Å². The number of nitro groups is 1. The number of carbonyl (C=O) groups is 1. The van der Waals surface area contributed by atoms with Crippen molar-refractivity contribution in [2.24, 2.45) is 0 Å². The van der Waals surface area contributed by atoms with Gasteiger partial charge in [-0.3, -0.25) is 14.9 Å². The zero-order valence-electron chi connectivity index (χ0n) is 10.4. The third kappa shape index (κ3) is 2.49. The molecule has 0 saturated carbocycles. The first kappa shape index (κ1) is 13.6. The third-order valence-electron chi connectivity index (χ3n) is 3.37. The smallest absolute Gasteiger partial charge is 0.271 e. The van der Waals surface area contributed by atoms with Gasteiger partial charge in [-0.25, -0.2) is 0 Å². The normalized spacial score (nSPS) is 18.6. The van der Waals surface area contributed by atoms with Crippen molar-refractivity contribution in [2.45, 2.75) is 25.8 Å². The van der Waals surface area contributed by atoms with Crippen molar-refractivity contribution in [3.63, 3.8) is 0 Å². The number of nitrogens with two attached hydrogens (primary N) is 1. The van der Waals surface area contributed by atoms with Crippen LogP contribution in [-0.2, 0) is 0 Å². The van der Waals surface area contributed by atoms with Gasteiger partial charge in [-0.1, -0.05) is 11.6 Å². The molecule has 1 aliphatic heterocycles. The van der Waals surface area contributed by atoms with E-state index in [1.165, 1.54) is 6.07 Å². The number of amides is 1. The molecule has 0 aromatic heterocycles. The van der Waals surface area contributed by atoms with Crippen LogP contribution in [0.2, 0.25) is 5.02 Å². The first-order valence-corrected chi connectivity index (χ1v) is 6.34. The predicted molar refractivity (Wildman–Crippen MR) is 72.3 cm³/mol. The number of halogens is 1. The number of carbonyl (C=O) groups excluding carboxylic acids is 1. The van der Waals surface area contributed by atoms with Crippen LogP contribution < -0.4 is 5.73 Å². The number of rotatable bonds is 2. The number of nitrogens with zero attached hydrogens (tertiary/aromatic N) is 2. The van der Waals surface area contributed by atoms with E-state index in [1.807, 2.05) is 6.92 Å². The lowest BCUT2D eigenvalue weighted by atomic mass is 10.1. The molecule has 0 bridgehead atoms. The number of non-ortho nitro benzene ring substituents is 1.